The second-order valence-electron chi connectivity index (χ2n) is 6.76. The van der Waals surface area contributed by atoms with Crippen molar-refractivity contribution in [1.82, 2.24) is 15.1 Å². The molecule has 6 heteroatoms. The summed E-state index contributed by atoms with van der Waals surface area (Å²) in [6, 6.07) is 0.150. The average molecular weight is 310 g/mol. The zero-order chi connectivity index (χ0) is 16.1. The van der Waals surface area contributed by atoms with Crippen molar-refractivity contribution in [3.8, 4) is 0 Å². The molecule has 1 aliphatic heterocycles. The smallest absolute Gasteiger partial charge is 0.237 e. The Morgan fingerprint density at radius 3 is 2.27 bits per heavy atom. The van der Waals surface area contributed by atoms with Crippen molar-refractivity contribution in [3.05, 3.63) is 0 Å². The first-order valence-electron chi connectivity index (χ1n) is 8.55. The van der Waals surface area contributed by atoms with Crippen LogP contribution in [0.4, 0.5) is 0 Å². The monoisotopic (exact) mass is 310 g/mol. The van der Waals surface area contributed by atoms with Crippen LogP contribution in [0.15, 0.2) is 0 Å². The summed E-state index contributed by atoms with van der Waals surface area (Å²) in [5.74, 6) is 0.250. The molecule has 6 nitrogen and oxygen atoms in total. The summed E-state index contributed by atoms with van der Waals surface area (Å²) in [7, 11) is 0. The van der Waals surface area contributed by atoms with E-state index in [-0.39, 0.29) is 23.9 Å². The highest BCUT2D eigenvalue weighted by Crippen LogP contribution is 2.18. The standard InChI is InChI=1S/C16H30N4O2/c1-12(17)11-15(21)20-9-7-19(8-10-20)13(2)16(22)18-14-5-3-4-6-14/h12-14H,3-11,17H2,1-2H3,(H,18,22). The summed E-state index contributed by atoms with van der Waals surface area (Å²) >= 11 is 0. The lowest BCUT2D eigenvalue weighted by atomic mass is 10.1. The molecule has 0 aromatic rings. The first-order chi connectivity index (χ1) is 10.5. The van der Waals surface area contributed by atoms with Crippen molar-refractivity contribution in [2.75, 3.05) is 26.2 Å². The van der Waals surface area contributed by atoms with E-state index in [4.69, 9.17) is 5.73 Å². The number of carbonyl (C=O) groups is 2. The van der Waals surface area contributed by atoms with Crippen LogP contribution in [0.25, 0.3) is 0 Å². The van der Waals surface area contributed by atoms with Crippen LogP contribution < -0.4 is 11.1 Å². The van der Waals surface area contributed by atoms with Gasteiger partial charge in [0, 0.05) is 44.7 Å². The van der Waals surface area contributed by atoms with E-state index >= 15 is 0 Å². The van der Waals surface area contributed by atoms with Crippen molar-refractivity contribution in [1.29, 1.82) is 0 Å². The van der Waals surface area contributed by atoms with Gasteiger partial charge in [-0.1, -0.05) is 12.8 Å². The highest BCUT2D eigenvalue weighted by atomic mass is 16.2. The number of rotatable bonds is 5. The van der Waals surface area contributed by atoms with Crippen LogP contribution in [0.5, 0.6) is 0 Å². The number of piperazine rings is 1. The van der Waals surface area contributed by atoms with Crippen molar-refractivity contribution < 1.29 is 9.59 Å². The summed E-state index contributed by atoms with van der Waals surface area (Å²) in [4.78, 5) is 28.3. The summed E-state index contributed by atoms with van der Waals surface area (Å²) in [6.07, 6.45) is 5.06. The van der Waals surface area contributed by atoms with E-state index < -0.39 is 0 Å². The maximum Gasteiger partial charge on any atom is 0.237 e. The second-order valence-corrected chi connectivity index (χ2v) is 6.76. The molecule has 0 bridgehead atoms. The van der Waals surface area contributed by atoms with Gasteiger partial charge in [-0.3, -0.25) is 14.5 Å². The Balaban J connectivity index is 1.75. The molecule has 0 aromatic carbocycles. The Hall–Kier alpha value is -1.14. The molecule has 2 rings (SSSR count). The highest BCUT2D eigenvalue weighted by Gasteiger charge is 2.29. The molecule has 2 amide bonds. The van der Waals surface area contributed by atoms with Gasteiger partial charge in [-0.15, -0.1) is 0 Å². The Kier molecular flexibility index (Phi) is 6.20. The van der Waals surface area contributed by atoms with Crippen molar-refractivity contribution in [3.63, 3.8) is 0 Å². The number of hydrogen-bond acceptors (Lipinski definition) is 4. The molecule has 1 aliphatic carbocycles. The van der Waals surface area contributed by atoms with Crippen LogP contribution in [0.3, 0.4) is 0 Å². The van der Waals surface area contributed by atoms with Gasteiger partial charge in [-0.25, -0.2) is 0 Å². The molecule has 0 spiro atoms. The van der Waals surface area contributed by atoms with Gasteiger partial charge < -0.3 is 16.0 Å². The zero-order valence-corrected chi connectivity index (χ0v) is 13.9. The molecule has 2 fully saturated rings. The predicted octanol–water partition coefficient (Wildman–Crippen LogP) is 0.315. The Morgan fingerprint density at radius 1 is 1.14 bits per heavy atom. The molecule has 2 aliphatic rings. The molecule has 0 aromatic heterocycles. The first-order valence-corrected chi connectivity index (χ1v) is 8.55. The van der Waals surface area contributed by atoms with E-state index in [2.05, 4.69) is 10.2 Å². The van der Waals surface area contributed by atoms with Gasteiger partial charge in [0.05, 0.1) is 6.04 Å². The fraction of sp³-hybridized carbons (Fsp3) is 0.875. The molecular formula is C16H30N4O2. The third kappa shape index (κ3) is 4.68. The number of nitrogens with zero attached hydrogens (tertiary/aromatic N) is 2. The maximum absolute atomic E-state index is 12.3. The number of nitrogens with two attached hydrogens (primary N) is 1. The SMILES string of the molecule is CC(N)CC(=O)N1CCN(C(C)C(=O)NC2CCCC2)CC1. The minimum atomic E-state index is -0.119. The number of hydrogen-bond donors (Lipinski definition) is 2. The van der Waals surface area contributed by atoms with Crippen molar-refractivity contribution >= 4 is 11.8 Å². The minimum absolute atomic E-state index is 0.0957. The third-order valence-corrected chi connectivity index (χ3v) is 4.79. The van der Waals surface area contributed by atoms with E-state index in [1.54, 1.807) is 0 Å². The van der Waals surface area contributed by atoms with Crippen LogP contribution in [0.2, 0.25) is 0 Å². The van der Waals surface area contributed by atoms with Gasteiger partial charge in [0.15, 0.2) is 0 Å². The summed E-state index contributed by atoms with van der Waals surface area (Å²) in [6.45, 7) is 6.69. The first kappa shape index (κ1) is 17.2. The van der Waals surface area contributed by atoms with Crippen LogP contribution >= 0.6 is 0 Å². The lowest BCUT2D eigenvalue weighted by molar-refractivity contribution is -0.134. The van der Waals surface area contributed by atoms with Gasteiger partial charge >= 0.3 is 0 Å². The van der Waals surface area contributed by atoms with Gasteiger partial charge in [-0.05, 0) is 26.7 Å². The third-order valence-electron chi connectivity index (χ3n) is 4.79. The second kappa shape index (κ2) is 7.92. The molecule has 3 N–H and O–H groups in total. The van der Waals surface area contributed by atoms with Crippen molar-refractivity contribution in [2.45, 2.75) is 64.1 Å². The topological polar surface area (TPSA) is 78.7 Å². The average Bonchev–Trinajstić information content (AvgIpc) is 2.98. The Bertz CT molecular complexity index is 386. The van der Waals surface area contributed by atoms with Gasteiger partial charge in [0.1, 0.15) is 0 Å². The predicted molar refractivity (Wildman–Crippen MR) is 86.3 cm³/mol. The molecule has 22 heavy (non-hydrogen) atoms. The van der Waals surface area contributed by atoms with Crippen LogP contribution in [-0.4, -0.2) is 65.9 Å². The fourth-order valence-corrected chi connectivity index (χ4v) is 3.32. The summed E-state index contributed by atoms with van der Waals surface area (Å²) < 4.78 is 0. The van der Waals surface area contributed by atoms with Gasteiger partial charge in [0.2, 0.25) is 11.8 Å². The van der Waals surface area contributed by atoms with E-state index in [9.17, 15) is 9.59 Å². The zero-order valence-electron chi connectivity index (χ0n) is 13.9. The van der Waals surface area contributed by atoms with Gasteiger partial charge in [-0.2, -0.15) is 0 Å². The van der Waals surface area contributed by atoms with Crippen LogP contribution in [0, 0.1) is 0 Å². The minimum Gasteiger partial charge on any atom is -0.352 e. The molecule has 1 saturated carbocycles. The van der Waals surface area contributed by atoms with Crippen molar-refractivity contribution in [2.24, 2.45) is 5.73 Å². The molecule has 0 radical (unpaired) electrons. The molecular weight excluding hydrogens is 280 g/mol. The van der Waals surface area contributed by atoms with Crippen LogP contribution in [0.1, 0.15) is 46.0 Å². The molecule has 1 saturated heterocycles. The van der Waals surface area contributed by atoms with E-state index in [1.165, 1.54) is 12.8 Å². The maximum atomic E-state index is 12.3. The number of amides is 2. The molecule has 2 unspecified atom stereocenters. The quantitative estimate of drug-likeness (QED) is 0.766. The van der Waals surface area contributed by atoms with Crippen LogP contribution in [-0.2, 0) is 9.59 Å². The highest BCUT2D eigenvalue weighted by molar-refractivity contribution is 5.81. The number of carbonyl (C=O) groups excluding carboxylic acids is 2. The largest absolute Gasteiger partial charge is 0.352 e. The molecule has 2 atom stereocenters. The lowest BCUT2D eigenvalue weighted by Gasteiger charge is -2.38. The van der Waals surface area contributed by atoms with E-state index in [0.29, 0.717) is 25.6 Å². The Labute approximate surface area is 133 Å². The van der Waals surface area contributed by atoms with E-state index in [0.717, 1.165) is 25.9 Å². The molecule has 126 valence electrons. The Morgan fingerprint density at radius 2 is 1.73 bits per heavy atom. The van der Waals surface area contributed by atoms with E-state index in [1.807, 2.05) is 18.7 Å². The number of nitrogens with one attached hydrogen (secondary N) is 1. The normalized spacial score (nSPS) is 23.3. The van der Waals surface area contributed by atoms with Gasteiger partial charge in [0.25, 0.3) is 0 Å². The fourth-order valence-electron chi connectivity index (χ4n) is 3.32. The summed E-state index contributed by atoms with van der Waals surface area (Å²) in [5.41, 5.74) is 5.68. The summed E-state index contributed by atoms with van der Waals surface area (Å²) in [5, 5.41) is 3.16. The lowest BCUT2D eigenvalue weighted by Crippen LogP contribution is -2.56. The molecule has 1 heterocycles.